The molecule has 0 atom stereocenters. The molecule has 3 heterocycles. The van der Waals surface area contributed by atoms with Gasteiger partial charge in [-0.25, -0.2) is 9.37 Å². The van der Waals surface area contributed by atoms with Gasteiger partial charge >= 0.3 is 0 Å². The highest BCUT2D eigenvalue weighted by atomic mass is 19.1. The molecule has 2 aromatic heterocycles. The predicted molar refractivity (Wildman–Crippen MR) is 138 cm³/mol. The Bertz CT molecular complexity index is 1130. The van der Waals surface area contributed by atoms with E-state index < -0.39 is 5.97 Å². The van der Waals surface area contributed by atoms with Gasteiger partial charge in [0.1, 0.15) is 11.6 Å². The zero-order valence-corrected chi connectivity index (χ0v) is 21.0. The van der Waals surface area contributed by atoms with Gasteiger partial charge < -0.3 is 19.7 Å². The Labute approximate surface area is 212 Å². The Morgan fingerprint density at radius 3 is 2.39 bits per heavy atom. The minimum absolute atomic E-state index is 0.109. The van der Waals surface area contributed by atoms with Crippen LogP contribution >= 0.6 is 0 Å². The molecule has 0 amide bonds. The largest absolute Gasteiger partial charge is 0.545 e. The highest BCUT2D eigenvalue weighted by Gasteiger charge is 2.23. The van der Waals surface area contributed by atoms with E-state index in [2.05, 4.69) is 22.9 Å². The molecule has 1 fully saturated rings. The molecule has 2 aliphatic rings. The van der Waals surface area contributed by atoms with Gasteiger partial charge in [0, 0.05) is 23.7 Å². The number of nitrogens with one attached hydrogen (secondary N) is 1. The molecule has 6 nitrogen and oxygen atoms in total. The summed E-state index contributed by atoms with van der Waals surface area (Å²) in [5.41, 5.74) is 5.16. The van der Waals surface area contributed by atoms with Crippen LogP contribution < -0.4 is 14.9 Å². The van der Waals surface area contributed by atoms with Crippen molar-refractivity contribution in [2.24, 2.45) is 0 Å². The highest BCUT2D eigenvalue weighted by Crippen LogP contribution is 2.33. The SMILES string of the molecule is CC[NH+]1CCN(c2cc(-c3ccc(F)cc3)c3c(n2)CCCCCC3)CC1.O=C([O-])c1cccnc1. The first-order valence-corrected chi connectivity index (χ1v) is 13.0. The molecule has 7 heteroatoms. The quantitative estimate of drug-likeness (QED) is 0.609. The van der Waals surface area contributed by atoms with Gasteiger partial charge in [0.2, 0.25) is 0 Å². The predicted octanol–water partition coefficient (Wildman–Crippen LogP) is 2.72. The molecule has 1 aliphatic carbocycles. The van der Waals surface area contributed by atoms with Gasteiger partial charge in [-0.05, 0) is 73.6 Å². The number of quaternary nitrogens is 1. The van der Waals surface area contributed by atoms with Crippen LogP contribution in [-0.4, -0.2) is 48.7 Å². The van der Waals surface area contributed by atoms with E-state index in [1.54, 1.807) is 23.1 Å². The summed E-state index contributed by atoms with van der Waals surface area (Å²) in [4.78, 5) is 22.9. The van der Waals surface area contributed by atoms with Crippen LogP contribution in [0.5, 0.6) is 0 Å². The molecule has 36 heavy (non-hydrogen) atoms. The number of likely N-dealkylation sites (N-methyl/N-ethyl adjacent to an activating group) is 1. The smallest absolute Gasteiger partial charge is 0.129 e. The maximum Gasteiger partial charge on any atom is 0.129 e. The van der Waals surface area contributed by atoms with E-state index >= 15 is 0 Å². The number of aryl methyl sites for hydroxylation is 1. The van der Waals surface area contributed by atoms with Gasteiger partial charge in [-0.2, -0.15) is 0 Å². The monoisotopic (exact) mass is 490 g/mol. The van der Waals surface area contributed by atoms with Crippen LogP contribution in [0.3, 0.4) is 0 Å². The molecule has 190 valence electrons. The summed E-state index contributed by atoms with van der Waals surface area (Å²) in [6.45, 7) is 7.96. The zero-order valence-electron chi connectivity index (χ0n) is 21.0. The maximum absolute atomic E-state index is 13.5. The number of hydrogen-bond acceptors (Lipinski definition) is 5. The second-order valence-corrected chi connectivity index (χ2v) is 9.49. The fourth-order valence-corrected chi connectivity index (χ4v) is 4.98. The zero-order chi connectivity index (χ0) is 25.3. The summed E-state index contributed by atoms with van der Waals surface area (Å²) in [6.07, 6.45) is 9.95. The van der Waals surface area contributed by atoms with Gasteiger partial charge in [-0.1, -0.05) is 31.0 Å². The number of nitrogens with zero attached hydrogens (tertiary/aromatic N) is 3. The summed E-state index contributed by atoms with van der Waals surface area (Å²) >= 11 is 0. The van der Waals surface area contributed by atoms with Gasteiger partial charge in [-0.3, -0.25) is 4.98 Å². The van der Waals surface area contributed by atoms with Crippen molar-refractivity contribution in [1.29, 1.82) is 0 Å². The van der Waals surface area contributed by atoms with Crippen LogP contribution in [0.1, 0.15) is 54.2 Å². The molecule has 1 N–H and O–H groups in total. The number of piperazine rings is 1. The van der Waals surface area contributed by atoms with Gasteiger partial charge in [-0.15, -0.1) is 0 Å². The molecule has 0 spiro atoms. The van der Waals surface area contributed by atoms with E-state index in [9.17, 15) is 14.3 Å². The number of benzene rings is 1. The highest BCUT2D eigenvalue weighted by molar-refractivity contribution is 5.85. The van der Waals surface area contributed by atoms with Crippen molar-refractivity contribution in [1.82, 2.24) is 9.97 Å². The van der Waals surface area contributed by atoms with Crippen molar-refractivity contribution in [3.63, 3.8) is 0 Å². The number of hydrogen-bond donors (Lipinski definition) is 1. The normalized spacial score (nSPS) is 16.2. The van der Waals surface area contributed by atoms with E-state index in [0.29, 0.717) is 0 Å². The number of rotatable bonds is 4. The summed E-state index contributed by atoms with van der Waals surface area (Å²) in [6, 6.07) is 12.2. The number of carboxylic acids is 1. The third-order valence-corrected chi connectivity index (χ3v) is 7.13. The second kappa shape index (κ2) is 12.6. The Hall–Kier alpha value is -3.32. The van der Waals surface area contributed by atoms with E-state index in [1.807, 2.05) is 12.1 Å². The molecule has 0 saturated carbocycles. The van der Waals surface area contributed by atoms with Crippen LogP contribution in [0.25, 0.3) is 11.1 Å². The van der Waals surface area contributed by atoms with E-state index in [4.69, 9.17) is 4.98 Å². The van der Waals surface area contributed by atoms with Crippen LogP contribution in [0.4, 0.5) is 10.2 Å². The van der Waals surface area contributed by atoms with Crippen molar-refractivity contribution in [2.75, 3.05) is 37.6 Å². The molecule has 0 bridgehead atoms. The first-order chi connectivity index (χ1) is 17.5. The molecule has 0 radical (unpaired) electrons. The molecule has 1 saturated heterocycles. The van der Waals surface area contributed by atoms with Crippen molar-refractivity contribution < 1.29 is 19.2 Å². The summed E-state index contributed by atoms with van der Waals surface area (Å²) < 4.78 is 13.5. The molecule has 5 rings (SSSR count). The van der Waals surface area contributed by atoms with Crippen LogP contribution in [-0.2, 0) is 12.8 Å². The minimum Gasteiger partial charge on any atom is -0.545 e. The van der Waals surface area contributed by atoms with Gasteiger partial charge in [0.25, 0.3) is 0 Å². The number of carbonyl (C=O) groups excluding carboxylic acids is 1. The average Bonchev–Trinajstić information content (AvgIpc) is 2.90. The van der Waals surface area contributed by atoms with Crippen molar-refractivity contribution in [2.45, 2.75) is 45.4 Å². The Balaban J connectivity index is 0.000000286. The number of aromatic carboxylic acids is 1. The second-order valence-electron chi connectivity index (χ2n) is 9.49. The Morgan fingerprint density at radius 1 is 1.06 bits per heavy atom. The van der Waals surface area contributed by atoms with Crippen LogP contribution in [0.2, 0.25) is 0 Å². The third kappa shape index (κ3) is 6.66. The third-order valence-electron chi connectivity index (χ3n) is 7.13. The van der Waals surface area contributed by atoms with Crippen LogP contribution in [0.15, 0.2) is 54.9 Å². The molecule has 1 aromatic carbocycles. The first kappa shape index (κ1) is 25.8. The molecule has 0 unspecified atom stereocenters. The lowest BCUT2D eigenvalue weighted by molar-refractivity contribution is -0.898. The number of pyridine rings is 2. The van der Waals surface area contributed by atoms with E-state index in [-0.39, 0.29) is 11.4 Å². The molecular formula is C29H35FN4O2. The summed E-state index contributed by atoms with van der Waals surface area (Å²) in [7, 11) is 0. The number of halogens is 1. The topological polar surface area (TPSA) is 73.6 Å². The fourth-order valence-electron chi connectivity index (χ4n) is 4.98. The average molecular weight is 491 g/mol. The summed E-state index contributed by atoms with van der Waals surface area (Å²) in [5.74, 6) is -0.249. The number of anilines is 1. The van der Waals surface area contributed by atoms with Crippen molar-refractivity contribution >= 4 is 11.8 Å². The fraction of sp³-hybridized carbons (Fsp3) is 0.414. The van der Waals surface area contributed by atoms with Crippen molar-refractivity contribution in [3.8, 4) is 11.1 Å². The summed E-state index contributed by atoms with van der Waals surface area (Å²) in [5, 5.41) is 10.0. The van der Waals surface area contributed by atoms with E-state index in [0.717, 1.165) is 37.3 Å². The molecule has 3 aromatic rings. The number of fused-ring (bicyclic) bond motifs is 1. The number of carbonyl (C=O) groups is 1. The first-order valence-electron chi connectivity index (χ1n) is 13.0. The van der Waals surface area contributed by atoms with Crippen LogP contribution in [0, 0.1) is 5.82 Å². The molecular weight excluding hydrogens is 455 g/mol. The lowest BCUT2D eigenvalue weighted by Crippen LogP contribution is -3.14. The lowest BCUT2D eigenvalue weighted by Gasteiger charge is -2.33. The maximum atomic E-state index is 13.5. The van der Waals surface area contributed by atoms with Gasteiger partial charge in [0.15, 0.2) is 0 Å². The van der Waals surface area contributed by atoms with Gasteiger partial charge in [0.05, 0.1) is 38.7 Å². The lowest BCUT2D eigenvalue weighted by atomic mass is 9.90. The Morgan fingerprint density at radius 2 is 1.78 bits per heavy atom. The standard InChI is InChI=1S/C23H30FN3.C6H5NO2/c1-2-26-13-15-27(16-14-26)23-17-21(18-9-11-19(24)12-10-18)20-7-5-3-4-6-8-22(20)25-23;8-6(9)5-2-1-3-7-4-5/h9-12,17H,2-8,13-16H2,1H3;1-4H,(H,8,9). The minimum atomic E-state index is -1.19. The van der Waals surface area contributed by atoms with E-state index in [1.165, 1.54) is 80.6 Å². The Kier molecular flexibility index (Phi) is 9.01. The number of aromatic nitrogens is 2. The number of carboxylic acid groups (broad SMARTS) is 1. The molecule has 1 aliphatic heterocycles. The van der Waals surface area contributed by atoms with Crippen molar-refractivity contribution in [3.05, 3.63) is 77.5 Å².